The number of amides is 1. The van der Waals surface area contributed by atoms with Crippen molar-refractivity contribution in [1.82, 2.24) is 4.90 Å². The Morgan fingerprint density at radius 3 is 2.52 bits per heavy atom. The summed E-state index contributed by atoms with van der Waals surface area (Å²) >= 11 is 0. The van der Waals surface area contributed by atoms with Gasteiger partial charge in [-0.3, -0.25) is 9.69 Å². The third-order valence-electron chi connectivity index (χ3n) is 4.83. The smallest absolute Gasteiger partial charge is 0.265 e. The maximum Gasteiger partial charge on any atom is 0.265 e. The van der Waals surface area contributed by atoms with Gasteiger partial charge >= 0.3 is 0 Å². The van der Waals surface area contributed by atoms with Crippen LogP contribution >= 0.6 is 0 Å². The van der Waals surface area contributed by atoms with Gasteiger partial charge in [-0.15, -0.1) is 0 Å². The average Bonchev–Trinajstić information content (AvgIpc) is 2.69. The summed E-state index contributed by atoms with van der Waals surface area (Å²) in [5, 5.41) is 11.9. The highest BCUT2D eigenvalue weighted by molar-refractivity contribution is 5.94. The number of para-hydroxylation sites is 1. The zero-order chi connectivity index (χ0) is 20.8. The Labute approximate surface area is 172 Å². The molecule has 2 aromatic carbocycles. The van der Waals surface area contributed by atoms with Crippen LogP contribution in [0.15, 0.2) is 48.5 Å². The Hall–Kier alpha value is -2.88. The number of benzene rings is 2. The summed E-state index contributed by atoms with van der Waals surface area (Å²) in [7, 11) is 0. The average molecular weight is 393 g/mol. The van der Waals surface area contributed by atoms with Gasteiger partial charge in [-0.2, -0.15) is 5.26 Å². The second kappa shape index (κ2) is 9.55. The first-order valence-electron chi connectivity index (χ1n) is 9.88. The van der Waals surface area contributed by atoms with Gasteiger partial charge in [-0.1, -0.05) is 18.2 Å². The SMILES string of the molecule is CC1CN(Cc2ccccc2NC(=O)C(C)Oc2ccc(C#N)cc2)CC(C)O1. The Morgan fingerprint density at radius 2 is 1.86 bits per heavy atom. The number of nitrogens with one attached hydrogen (secondary N) is 1. The van der Waals surface area contributed by atoms with E-state index in [0.717, 1.165) is 30.9 Å². The first-order valence-corrected chi connectivity index (χ1v) is 9.88. The highest BCUT2D eigenvalue weighted by atomic mass is 16.5. The molecule has 3 rings (SSSR count). The van der Waals surface area contributed by atoms with Crippen molar-refractivity contribution >= 4 is 11.6 Å². The molecule has 0 bridgehead atoms. The molecule has 1 N–H and O–H groups in total. The van der Waals surface area contributed by atoms with E-state index in [-0.39, 0.29) is 18.1 Å². The van der Waals surface area contributed by atoms with Gasteiger partial charge < -0.3 is 14.8 Å². The number of hydrogen-bond acceptors (Lipinski definition) is 5. The highest BCUT2D eigenvalue weighted by Gasteiger charge is 2.23. The van der Waals surface area contributed by atoms with Crippen molar-refractivity contribution in [1.29, 1.82) is 5.26 Å². The summed E-state index contributed by atoms with van der Waals surface area (Å²) in [6.45, 7) is 8.35. The Balaban J connectivity index is 1.63. The van der Waals surface area contributed by atoms with Crippen LogP contribution in [0.3, 0.4) is 0 Å². The van der Waals surface area contributed by atoms with Crippen LogP contribution in [0.1, 0.15) is 31.9 Å². The fourth-order valence-corrected chi connectivity index (χ4v) is 3.53. The van der Waals surface area contributed by atoms with E-state index >= 15 is 0 Å². The van der Waals surface area contributed by atoms with Crippen LogP contribution in [-0.2, 0) is 16.1 Å². The normalized spacial score (nSPS) is 20.5. The third kappa shape index (κ3) is 5.80. The Bertz CT molecular complexity index is 866. The lowest BCUT2D eigenvalue weighted by Gasteiger charge is -2.35. The van der Waals surface area contributed by atoms with Gasteiger partial charge in [0.2, 0.25) is 0 Å². The molecule has 0 aromatic heterocycles. The first kappa shape index (κ1) is 20.8. The molecule has 0 spiro atoms. The topological polar surface area (TPSA) is 74.6 Å². The molecular formula is C23H27N3O3. The van der Waals surface area contributed by atoms with Crippen LogP contribution < -0.4 is 10.1 Å². The van der Waals surface area contributed by atoms with Gasteiger partial charge in [0, 0.05) is 25.3 Å². The first-order chi connectivity index (χ1) is 13.9. The lowest BCUT2D eigenvalue weighted by molar-refractivity contribution is -0.122. The number of nitrogens with zero attached hydrogens (tertiary/aromatic N) is 2. The molecule has 0 radical (unpaired) electrons. The molecule has 1 amide bonds. The number of carbonyl (C=O) groups is 1. The number of anilines is 1. The van der Waals surface area contributed by atoms with Crippen molar-refractivity contribution in [3.63, 3.8) is 0 Å². The van der Waals surface area contributed by atoms with E-state index in [2.05, 4.69) is 30.1 Å². The Kier molecular flexibility index (Phi) is 6.86. The van der Waals surface area contributed by atoms with Crippen LogP contribution in [0.4, 0.5) is 5.69 Å². The van der Waals surface area contributed by atoms with E-state index in [0.29, 0.717) is 11.3 Å². The van der Waals surface area contributed by atoms with E-state index in [9.17, 15) is 4.79 Å². The predicted octanol–water partition coefficient (Wildman–Crippen LogP) is 3.57. The number of ether oxygens (including phenoxy) is 2. The molecule has 152 valence electrons. The zero-order valence-electron chi connectivity index (χ0n) is 17.1. The predicted molar refractivity (Wildman–Crippen MR) is 112 cm³/mol. The summed E-state index contributed by atoms with van der Waals surface area (Å²) in [5.41, 5.74) is 2.41. The van der Waals surface area contributed by atoms with E-state index in [1.54, 1.807) is 31.2 Å². The summed E-state index contributed by atoms with van der Waals surface area (Å²) in [5.74, 6) is 0.335. The minimum atomic E-state index is -0.667. The molecule has 6 heteroatoms. The van der Waals surface area contributed by atoms with Crippen LogP contribution in [0, 0.1) is 11.3 Å². The standard InChI is InChI=1S/C23H27N3O3/c1-16-13-26(14-17(2)28-16)15-20-6-4-5-7-22(20)25-23(27)18(3)29-21-10-8-19(12-24)9-11-21/h4-11,16-18H,13-15H2,1-3H3,(H,25,27). The molecule has 1 aliphatic rings. The lowest BCUT2D eigenvalue weighted by Crippen LogP contribution is -2.45. The van der Waals surface area contributed by atoms with Crippen molar-refractivity contribution in [3.05, 3.63) is 59.7 Å². The Morgan fingerprint density at radius 1 is 1.21 bits per heavy atom. The van der Waals surface area contributed by atoms with Gasteiger partial charge in [0.05, 0.1) is 23.8 Å². The molecule has 29 heavy (non-hydrogen) atoms. The molecule has 1 saturated heterocycles. The van der Waals surface area contributed by atoms with Crippen LogP contribution in [0.25, 0.3) is 0 Å². The fourth-order valence-electron chi connectivity index (χ4n) is 3.53. The highest BCUT2D eigenvalue weighted by Crippen LogP contribution is 2.21. The van der Waals surface area contributed by atoms with Crippen molar-refractivity contribution in [2.24, 2.45) is 0 Å². The van der Waals surface area contributed by atoms with Crippen molar-refractivity contribution < 1.29 is 14.3 Å². The fraction of sp³-hybridized carbons (Fsp3) is 0.391. The number of rotatable bonds is 6. The largest absolute Gasteiger partial charge is 0.481 e. The maximum atomic E-state index is 12.7. The van der Waals surface area contributed by atoms with Gasteiger partial charge in [-0.25, -0.2) is 0 Å². The molecule has 1 fully saturated rings. The van der Waals surface area contributed by atoms with Crippen molar-refractivity contribution in [2.45, 2.75) is 45.6 Å². The van der Waals surface area contributed by atoms with Crippen molar-refractivity contribution in [3.8, 4) is 11.8 Å². The van der Waals surface area contributed by atoms with Gasteiger partial charge in [0.15, 0.2) is 6.10 Å². The van der Waals surface area contributed by atoms with Gasteiger partial charge in [0.1, 0.15) is 5.75 Å². The molecule has 0 saturated carbocycles. The second-order valence-electron chi connectivity index (χ2n) is 7.49. The third-order valence-corrected chi connectivity index (χ3v) is 4.83. The van der Waals surface area contributed by atoms with Crippen molar-refractivity contribution in [2.75, 3.05) is 18.4 Å². The number of hydrogen-bond donors (Lipinski definition) is 1. The maximum absolute atomic E-state index is 12.7. The number of nitriles is 1. The molecule has 3 unspecified atom stereocenters. The monoisotopic (exact) mass is 393 g/mol. The molecule has 1 heterocycles. The number of morpholine rings is 1. The summed E-state index contributed by atoms with van der Waals surface area (Å²) in [6, 6.07) is 16.6. The molecule has 3 atom stereocenters. The summed E-state index contributed by atoms with van der Waals surface area (Å²) < 4.78 is 11.5. The van der Waals surface area contributed by atoms with Gasteiger partial charge in [-0.05, 0) is 56.7 Å². The zero-order valence-corrected chi connectivity index (χ0v) is 17.1. The summed E-state index contributed by atoms with van der Waals surface area (Å²) in [4.78, 5) is 15.0. The summed E-state index contributed by atoms with van der Waals surface area (Å²) in [6.07, 6.45) is -0.276. The molecule has 0 aliphatic carbocycles. The van der Waals surface area contributed by atoms with E-state index in [1.807, 2.05) is 24.3 Å². The molecule has 2 aromatic rings. The van der Waals surface area contributed by atoms with E-state index in [4.69, 9.17) is 14.7 Å². The number of carbonyl (C=O) groups excluding carboxylic acids is 1. The van der Waals surface area contributed by atoms with E-state index < -0.39 is 6.10 Å². The minimum Gasteiger partial charge on any atom is -0.481 e. The molecule has 1 aliphatic heterocycles. The van der Waals surface area contributed by atoms with Gasteiger partial charge in [0.25, 0.3) is 5.91 Å². The van der Waals surface area contributed by atoms with Crippen LogP contribution in [-0.4, -0.2) is 42.2 Å². The lowest BCUT2D eigenvalue weighted by atomic mass is 10.1. The minimum absolute atomic E-state index is 0.196. The molecule has 6 nitrogen and oxygen atoms in total. The van der Waals surface area contributed by atoms with E-state index in [1.165, 1.54) is 0 Å². The molecular weight excluding hydrogens is 366 g/mol. The quantitative estimate of drug-likeness (QED) is 0.812. The van der Waals surface area contributed by atoms with Crippen LogP contribution in [0.2, 0.25) is 0 Å². The van der Waals surface area contributed by atoms with Crippen LogP contribution in [0.5, 0.6) is 5.75 Å². The second-order valence-corrected chi connectivity index (χ2v) is 7.49.